The predicted molar refractivity (Wildman–Crippen MR) is 60.5 cm³/mol. The topological polar surface area (TPSA) is 17.8 Å². The second-order valence-corrected chi connectivity index (χ2v) is 4.03. The quantitative estimate of drug-likeness (QED) is 0.819. The highest BCUT2D eigenvalue weighted by atomic mass is 79.9. The van der Waals surface area contributed by atoms with Crippen LogP contribution in [0.4, 0.5) is 0 Å². The Balaban J connectivity index is 2.28. The Labute approximate surface area is 95.7 Å². The van der Waals surface area contributed by atoms with Crippen LogP contribution in [0.25, 0.3) is 0 Å². The molecule has 1 aromatic heterocycles. The molecule has 1 heterocycles. The van der Waals surface area contributed by atoms with Crippen molar-refractivity contribution in [1.29, 1.82) is 0 Å². The van der Waals surface area contributed by atoms with E-state index in [9.17, 15) is 0 Å². The molecule has 4 heteroatoms. The summed E-state index contributed by atoms with van der Waals surface area (Å²) in [6.45, 7) is 0.736. The first kappa shape index (κ1) is 9.74. The summed E-state index contributed by atoms with van der Waals surface area (Å²) in [5, 5.41) is 0.785. The summed E-state index contributed by atoms with van der Waals surface area (Å²) in [5.41, 5.74) is 1.09. The monoisotopic (exact) mass is 270 g/mol. The van der Waals surface area contributed by atoms with Crippen molar-refractivity contribution in [1.82, 2.24) is 9.55 Å². The molecule has 0 aliphatic heterocycles. The molecule has 0 bridgehead atoms. The Morgan fingerprint density at radius 3 is 2.79 bits per heavy atom. The van der Waals surface area contributed by atoms with Gasteiger partial charge in [-0.3, -0.25) is 0 Å². The summed E-state index contributed by atoms with van der Waals surface area (Å²) < 4.78 is 2.80. The summed E-state index contributed by atoms with van der Waals surface area (Å²) in [7, 11) is 0. The maximum Gasteiger partial charge on any atom is 0.177 e. The normalized spacial score (nSPS) is 10.4. The van der Waals surface area contributed by atoms with Crippen molar-refractivity contribution in [3.05, 3.63) is 52.0 Å². The van der Waals surface area contributed by atoms with E-state index < -0.39 is 0 Å². The highest BCUT2D eigenvalue weighted by Gasteiger charge is 2.02. The van der Waals surface area contributed by atoms with Crippen LogP contribution in [0.3, 0.4) is 0 Å². The summed E-state index contributed by atoms with van der Waals surface area (Å²) in [6, 6.07) is 7.80. The smallest absolute Gasteiger partial charge is 0.177 e. The van der Waals surface area contributed by atoms with Crippen LogP contribution in [0.5, 0.6) is 0 Å². The van der Waals surface area contributed by atoms with Crippen LogP contribution >= 0.6 is 27.5 Å². The largest absolute Gasteiger partial charge is 0.321 e. The molecule has 2 rings (SSSR count). The molecule has 0 aliphatic rings. The van der Waals surface area contributed by atoms with Crippen LogP contribution in [-0.4, -0.2) is 9.55 Å². The minimum Gasteiger partial charge on any atom is -0.321 e. The van der Waals surface area contributed by atoms with Crippen LogP contribution < -0.4 is 0 Å². The number of aromatic nitrogens is 2. The zero-order chi connectivity index (χ0) is 9.97. The maximum atomic E-state index is 6.04. The average Bonchev–Trinajstić information content (AvgIpc) is 2.56. The van der Waals surface area contributed by atoms with Gasteiger partial charge in [-0.2, -0.15) is 0 Å². The van der Waals surface area contributed by atoms with E-state index in [4.69, 9.17) is 11.6 Å². The molecule has 0 N–H and O–H groups in total. The molecule has 0 amide bonds. The number of imidazole rings is 1. The lowest BCUT2D eigenvalue weighted by atomic mass is 10.2. The van der Waals surface area contributed by atoms with E-state index in [2.05, 4.69) is 20.9 Å². The standard InChI is InChI=1S/C10H8BrClN2/c11-10-13-5-6-14(10)7-8-3-1-2-4-9(8)12/h1-6H,7H2. The first-order valence-electron chi connectivity index (χ1n) is 4.17. The fraction of sp³-hybridized carbons (Fsp3) is 0.100. The first-order chi connectivity index (χ1) is 6.77. The molecule has 1 aromatic carbocycles. The van der Waals surface area contributed by atoms with Crippen molar-refractivity contribution in [3.63, 3.8) is 0 Å². The third-order valence-electron chi connectivity index (χ3n) is 1.96. The second-order valence-electron chi connectivity index (χ2n) is 2.92. The molecule has 2 aromatic rings. The SMILES string of the molecule is Clc1ccccc1Cn1ccnc1Br. The molecule has 0 atom stereocenters. The van der Waals surface area contributed by atoms with E-state index in [1.807, 2.05) is 35.0 Å². The third-order valence-corrected chi connectivity index (χ3v) is 2.99. The van der Waals surface area contributed by atoms with Crippen LogP contribution in [0.1, 0.15) is 5.56 Å². The number of nitrogens with zero attached hydrogens (tertiary/aromatic N) is 2. The number of rotatable bonds is 2. The molecule has 0 spiro atoms. The van der Waals surface area contributed by atoms with E-state index in [-0.39, 0.29) is 0 Å². The molecule has 0 fully saturated rings. The molecular formula is C10H8BrClN2. The Bertz CT molecular complexity index is 439. The van der Waals surface area contributed by atoms with Gasteiger partial charge in [0.2, 0.25) is 0 Å². The van der Waals surface area contributed by atoms with Gasteiger partial charge in [0.1, 0.15) is 0 Å². The van der Waals surface area contributed by atoms with Gasteiger partial charge in [0.25, 0.3) is 0 Å². The number of halogens is 2. The fourth-order valence-corrected chi connectivity index (χ4v) is 1.80. The van der Waals surface area contributed by atoms with Crippen molar-refractivity contribution in [2.75, 3.05) is 0 Å². The van der Waals surface area contributed by atoms with E-state index in [0.29, 0.717) is 0 Å². The van der Waals surface area contributed by atoms with Crippen molar-refractivity contribution in [2.45, 2.75) is 6.54 Å². The maximum absolute atomic E-state index is 6.04. The molecule has 0 unspecified atom stereocenters. The molecule has 0 aliphatic carbocycles. The van der Waals surface area contributed by atoms with Gasteiger partial charge in [0.15, 0.2) is 4.73 Å². The number of hydrogen-bond donors (Lipinski definition) is 0. The van der Waals surface area contributed by atoms with Gasteiger partial charge >= 0.3 is 0 Å². The predicted octanol–water partition coefficient (Wildman–Crippen LogP) is 3.35. The average molecular weight is 272 g/mol. The highest BCUT2D eigenvalue weighted by Crippen LogP contribution is 2.17. The minimum absolute atomic E-state index is 0.736. The molecule has 72 valence electrons. The second kappa shape index (κ2) is 4.15. The van der Waals surface area contributed by atoms with Gasteiger partial charge in [0, 0.05) is 17.4 Å². The van der Waals surface area contributed by atoms with Crippen molar-refractivity contribution in [2.24, 2.45) is 0 Å². The van der Waals surface area contributed by atoms with E-state index in [1.165, 1.54) is 0 Å². The Morgan fingerprint density at radius 1 is 1.36 bits per heavy atom. The van der Waals surface area contributed by atoms with Crippen LogP contribution in [-0.2, 0) is 6.54 Å². The lowest BCUT2D eigenvalue weighted by Crippen LogP contribution is -1.98. The molecule has 0 saturated carbocycles. The summed E-state index contributed by atoms with van der Waals surface area (Å²) >= 11 is 9.40. The molecule has 2 nitrogen and oxygen atoms in total. The zero-order valence-corrected chi connectivity index (χ0v) is 9.66. The first-order valence-corrected chi connectivity index (χ1v) is 5.34. The van der Waals surface area contributed by atoms with Gasteiger partial charge in [0.05, 0.1) is 6.54 Å². The third kappa shape index (κ3) is 1.99. The molecule has 14 heavy (non-hydrogen) atoms. The number of hydrogen-bond acceptors (Lipinski definition) is 1. The van der Waals surface area contributed by atoms with Gasteiger partial charge in [-0.1, -0.05) is 29.8 Å². The Hall–Kier alpha value is -0.800. The van der Waals surface area contributed by atoms with Crippen molar-refractivity contribution < 1.29 is 0 Å². The van der Waals surface area contributed by atoms with Crippen LogP contribution in [0.15, 0.2) is 41.4 Å². The van der Waals surface area contributed by atoms with Gasteiger partial charge < -0.3 is 4.57 Å². The van der Waals surface area contributed by atoms with E-state index in [1.54, 1.807) is 6.20 Å². The zero-order valence-electron chi connectivity index (χ0n) is 7.32. The van der Waals surface area contributed by atoms with Crippen LogP contribution in [0, 0.1) is 0 Å². The molecular weight excluding hydrogens is 263 g/mol. The molecule has 0 radical (unpaired) electrons. The summed E-state index contributed by atoms with van der Waals surface area (Å²) in [5.74, 6) is 0. The van der Waals surface area contributed by atoms with Gasteiger partial charge in [-0.05, 0) is 27.6 Å². The van der Waals surface area contributed by atoms with E-state index >= 15 is 0 Å². The Kier molecular flexibility index (Phi) is 2.89. The summed E-state index contributed by atoms with van der Waals surface area (Å²) in [6.07, 6.45) is 3.66. The number of benzene rings is 1. The molecule has 0 saturated heterocycles. The summed E-state index contributed by atoms with van der Waals surface area (Å²) in [4.78, 5) is 4.08. The van der Waals surface area contributed by atoms with Gasteiger partial charge in [-0.25, -0.2) is 4.98 Å². The van der Waals surface area contributed by atoms with Gasteiger partial charge in [-0.15, -0.1) is 0 Å². The highest BCUT2D eigenvalue weighted by molar-refractivity contribution is 9.10. The van der Waals surface area contributed by atoms with E-state index in [0.717, 1.165) is 21.9 Å². The Morgan fingerprint density at radius 2 is 2.14 bits per heavy atom. The minimum atomic E-state index is 0.736. The fourth-order valence-electron chi connectivity index (χ4n) is 1.24. The lowest BCUT2D eigenvalue weighted by Gasteiger charge is -2.05. The lowest BCUT2D eigenvalue weighted by molar-refractivity contribution is 0.775. The van der Waals surface area contributed by atoms with Crippen molar-refractivity contribution >= 4 is 27.5 Å². The van der Waals surface area contributed by atoms with Crippen LogP contribution in [0.2, 0.25) is 5.02 Å². The van der Waals surface area contributed by atoms with Crippen molar-refractivity contribution in [3.8, 4) is 0 Å².